The molecule has 6 nitrogen and oxygen atoms in total. The van der Waals surface area contributed by atoms with E-state index in [1.165, 1.54) is 18.3 Å². The second-order valence-electron chi connectivity index (χ2n) is 7.46. The molecule has 4 rings (SSSR count). The first-order valence-electron chi connectivity index (χ1n) is 9.96. The van der Waals surface area contributed by atoms with Gasteiger partial charge in [0, 0.05) is 24.3 Å². The highest BCUT2D eigenvalue weighted by atomic mass is 19.1. The molecule has 1 aliphatic heterocycles. The van der Waals surface area contributed by atoms with Crippen LogP contribution in [0.15, 0.2) is 48.7 Å². The van der Waals surface area contributed by atoms with Crippen molar-refractivity contribution in [1.29, 1.82) is 0 Å². The maximum absolute atomic E-state index is 13.2. The number of anilines is 1. The molecular weight excluding hydrogens is 383 g/mol. The number of benzene rings is 2. The lowest BCUT2D eigenvalue weighted by molar-refractivity contribution is 0.0791. The van der Waals surface area contributed by atoms with Crippen LogP contribution in [0.4, 0.5) is 10.1 Å². The van der Waals surface area contributed by atoms with Crippen molar-refractivity contribution >= 4 is 17.5 Å². The molecule has 154 valence electrons. The van der Waals surface area contributed by atoms with Crippen molar-refractivity contribution in [2.45, 2.75) is 26.7 Å². The average molecular weight is 406 g/mol. The van der Waals surface area contributed by atoms with Gasteiger partial charge in [-0.15, -0.1) is 0 Å². The molecule has 0 aliphatic carbocycles. The number of amides is 2. The third kappa shape index (κ3) is 3.70. The van der Waals surface area contributed by atoms with Crippen molar-refractivity contribution in [2.24, 2.45) is 0 Å². The molecule has 30 heavy (non-hydrogen) atoms. The Kier molecular flexibility index (Phi) is 5.35. The predicted molar refractivity (Wildman–Crippen MR) is 113 cm³/mol. The van der Waals surface area contributed by atoms with Crippen LogP contribution in [-0.4, -0.2) is 39.6 Å². The van der Waals surface area contributed by atoms with Crippen LogP contribution in [0.2, 0.25) is 0 Å². The quantitative estimate of drug-likeness (QED) is 0.709. The van der Waals surface area contributed by atoms with Crippen LogP contribution in [0.5, 0.6) is 0 Å². The van der Waals surface area contributed by atoms with Gasteiger partial charge in [0.15, 0.2) is 0 Å². The van der Waals surface area contributed by atoms with Gasteiger partial charge in [-0.25, -0.2) is 9.07 Å². The summed E-state index contributed by atoms with van der Waals surface area (Å²) < 4.78 is 14.8. The van der Waals surface area contributed by atoms with Crippen molar-refractivity contribution in [1.82, 2.24) is 14.7 Å². The van der Waals surface area contributed by atoms with Crippen LogP contribution in [0, 0.1) is 19.7 Å². The van der Waals surface area contributed by atoms with Crippen LogP contribution in [-0.2, 0) is 0 Å². The van der Waals surface area contributed by atoms with Crippen molar-refractivity contribution in [2.75, 3.05) is 18.4 Å². The lowest BCUT2D eigenvalue weighted by Crippen LogP contribution is -2.28. The molecule has 1 N–H and O–H groups in total. The Bertz CT molecular complexity index is 1100. The molecule has 0 radical (unpaired) electrons. The standard InChI is InChI=1S/C23H23FN4O2/c1-15-19(23(30)27-12-3-4-13-27)6-5-7-21(15)26-22(29)20-14-25-28(16(20)2)18-10-8-17(24)9-11-18/h5-11,14H,3-4,12-13H2,1-2H3,(H,26,29). The zero-order valence-electron chi connectivity index (χ0n) is 17.0. The van der Waals surface area contributed by atoms with Gasteiger partial charge in [-0.1, -0.05) is 6.07 Å². The highest BCUT2D eigenvalue weighted by molar-refractivity contribution is 6.06. The summed E-state index contributed by atoms with van der Waals surface area (Å²) in [6.45, 7) is 5.17. The molecule has 1 saturated heterocycles. The Labute approximate surface area is 174 Å². The molecule has 2 heterocycles. The molecule has 7 heteroatoms. The summed E-state index contributed by atoms with van der Waals surface area (Å²) in [6, 6.07) is 11.3. The third-order valence-electron chi connectivity index (χ3n) is 5.53. The van der Waals surface area contributed by atoms with E-state index in [9.17, 15) is 14.0 Å². The fraction of sp³-hybridized carbons (Fsp3) is 0.261. The van der Waals surface area contributed by atoms with Crippen molar-refractivity contribution in [3.8, 4) is 5.69 Å². The number of aromatic nitrogens is 2. The van der Waals surface area contributed by atoms with Crippen LogP contribution in [0.1, 0.15) is 44.8 Å². The predicted octanol–water partition coefficient (Wildman–Crippen LogP) is 4.12. The van der Waals surface area contributed by atoms with Crippen LogP contribution in [0.3, 0.4) is 0 Å². The van der Waals surface area contributed by atoms with E-state index >= 15 is 0 Å². The number of nitrogens with zero attached hydrogens (tertiary/aromatic N) is 3. The zero-order valence-corrected chi connectivity index (χ0v) is 17.0. The summed E-state index contributed by atoms with van der Waals surface area (Å²) in [7, 11) is 0. The van der Waals surface area contributed by atoms with E-state index in [4.69, 9.17) is 0 Å². The molecule has 0 bridgehead atoms. The number of rotatable bonds is 4. The smallest absolute Gasteiger partial charge is 0.259 e. The van der Waals surface area contributed by atoms with Crippen molar-refractivity contribution in [3.05, 3.63) is 76.9 Å². The van der Waals surface area contributed by atoms with Gasteiger partial charge in [0.25, 0.3) is 11.8 Å². The highest BCUT2D eigenvalue weighted by Crippen LogP contribution is 2.23. The minimum Gasteiger partial charge on any atom is -0.339 e. The largest absolute Gasteiger partial charge is 0.339 e. The van der Waals surface area contributed by atoms with Gasteiger partial charge in [0.05, 0.1) is 23.1 Å². The van der Waals surface area contributed by atoms with Gasteiger partial charge < -0.3 is 10.2 Å². The highest BCUT2D eigenvalue weighted by Gasteiger charge is 2.23. The third-order valence-corrected chi connectivity index (χ3v) is 5.53. The molecule has 3 aromatic rings. The Morgan fingerprint density at radius 3 is 2.40 bits per heavy atom. The first kappa shape index (κ1) is 19.8. The first-order valence-corrected chi connectivity index (χ1v) is 9.96. The number of carbonyl (C=O) groups is 2. The number of nitrogens with one attached hydrogen (secondary N) is 1. The number of likely N-dealkylation sites (tertiary alicyclic amines) is 1. The summed E-state index contributed by atoms with van der Waals surface area (Å²) in [4.78, 5) is 27.5. The monoisotopic (exact) mass is 406 g/mol. The molecule has 2 amide bonds. The topological polar surface area (TPSA) is 67.2 Å². The zero-order chi connectivity index (χ0) is 21.3. The van der Waals surface area contributed by atoms with E-state index in [1.807, 2.05) is 11.8 Å². The van der Waals surface area contributed by atoms with Crippen molar-refractivity contribution in [3.63, 3.8) is 0 Å². The minimum atomic E-state index is -0.333. The average Bonchev–Trinajstić information content (AvgIpc) is 3.40. The second kappa shape index (κ2) is 8.10. The Balaban J connectivity index is 1.57. The van der Waals surface area contributed by atoms with Gasteiger partial charge in [0.2, 0.25) is 0 Å². The molecule has 0 unspecified atom stereocenters. The fourth-order valence-corrected chi connectivity index (χ4v) is 3.76. The molecule has 0 spiro atoms. The number of hydrogen-bond donors (Lipinski definition) is 1. The van der Waals surface area contributed by atoms with Gasteiger partial charge in [-0.3, -0.25) is 9.59 Å². The number of carbonyl (C=O) groups excluding carboxylic acids is 2. The maximum atomic E-state index is 13.2. The summed E-state index contributed by atoms with van der Waals surface area (Å²) >= 11 is 0. The van der Waals surface area contributed by atoms with Crippen molar-refractivity contribution < 1.29 is 14.0 Å². The van der Waals surface area contributed by atoms with E-state index in [0.29, 0.717) is 28.2 Å². The Morgan fingerprint density at radius 2 is 1.70 bits per heavy atom. The Hall–Kier alpha value is -3.48. The van der Waals surface area contributed by atoms with Gasteiger partial charge in [-0.05, 0) is 68.7 Å². The maximum Gasteiger partial charge on any atom is 0.259 e. The van der Waals surface area contributed by atoms with E-state index in [2.05, 4.69) is 10.4 Å². The van der Waals surface area contributed by atoms with E-state index in [1.54, 1.807) is 41.9 Å². The van der Waals surface area contributed by atoms with Crippen LogP contribution < -0.4 is 5.32 Å². The van der Waals surface area contributed by atoms with Gasteiger partial charge in [0.1, 0.15) is 5.82 Å². The number of halogens is 1. The lowest BCUT2D eigenvalue weighted by Gasteiger charge is -2.18. The molecule has 1 aromatic heterocycles. The molecule has 0 atom stereocenters. The SMILES string of the molecule is Cc1c(NC(=O)c2cnn(-c3ccc(F)cc3)c2C)cccc1C(=O)N1CCCC1. The first-order chi connectivity index (χ1) is 14.5. The summed E-state index contributed by atoms with van der Waals surface area (Å²) in [5.74, 6) is -0.642. The lowest BCUT2D eigenvalue weighted by atomic mass is 10.0. The normalized spacial score (nSPS) is 13.5. The second-order valence-corrected chi connectivity index (χ2v) is 7.46. The Morgan fingerprint density at radius 1 is 1.00 bits per heavy atom. The van der Waals surface area contributed by atoms with Crippen LogP contribution >= 0.6 is 0 Å². The summed E-state index contributed by atoms with van der Waals surface area (Å²) in [5, 5.41) is 7.18. The summed E-state index contributed by atoms with van der Waals surface area (Å²) in [5.41, 5.74) is 3.66. The van der Waals surface area contributed by atoms with Crippen LogP contribution in [0.25, 0.3) is 5.69 Å². The molecular formula is C23H23FN4O2. The molecule has 1 aliphatic rings. The van der Waals surface area contributed by atoms with E-state index < -0.39 is 0 Å². The van der Waals surface area contributed by atoms with E-state index in [-0.39, 0.29) is 17.6 Å². The molecule has 1 fully saturated rings. The van der Waals surface area contributed by atoms with Gasteiger partial charge in [-0.2, -0.15) is 5.10 Å². The minimum absolute atomic E-state index is 0.00130. The van der Waals surface area contributed by atoms with Gasteiger partial charge >= 0.3 is 0 Å². The molecule has 2 aromatic carbocycles. The number of hydrogen-bond acceptors (Lipinski definition) is 3. The molecule has 0 saturated carbocycles. The van der Waals surface area contributed by atoms with E-state index in [0.717, 1.165) is 31.5 Å². The fourth-order valence-electron chi connectivity index (χ4n) is 3.76. The summed E-state index contributed by atoms with van der Waals surface area (Å²) in [6.07, 6.45) is 3.54.